The van der Waals surface area contributed by atoms with E-state index in [9.17, 15) is 10.1 Å². The average Bonchev–Trinajstić information content (AvgIpc) is 3.29. The second-order valence-corrected chi connectivity index (χ2v) is 7.73. The van der Waals surface area contributed by atoms with Crippen molar-refractivity contribution in [2.45, 2.75) is 51.6 Å². The highest BCUT2D eigenvalue weighted by molar-refractivity contribution is 5.68. The SMILES string of the molecule is CC(C)(C)OC(=O)N1CC[C@H](COc2nc(C3CC3)ncc2C#N)C1. The Balaban J connectivity index is 1.55. The molecule has 0 unspecified atom stereocenters. The maximum atomic E-state index is 12.1. The molecule has 2 aliphatic rings. The molecule has 2 heterocycles. The smallest absolute Gasteiger partial charge is 0.410 e. The van der Waals surface area contributed by atoms with Crippen molar-refractivity contribution in [3.05, 3.63) is 17.6 Å². The maximum Gasteiger partial charge on any atom is 0.410 e. The van der Waals surface area contributed by atoms with Crippen LogP contribution in [0.3, 0.4) is 0 Å². The van der Waals surface area contributed by atoms with Gasteiger partial charge >= 0.3 is 6.09 Å². The molecule has 1 saturated carbocycles. The highest BCUT2D eigenvalue weighted by Gasteiger charge is 2.31. The van der Waals surface area contributed by atoms with Gasteiger partial charge in [-0.3, -0.25) is 0 Å². The minimum absolute atomic E-state index is 0.207. The lowest BCUT2D eigenvalue weighted by atomic mass is 10.1. The first-order valence-electron chi connectivity index (χ1n) is 8.73. The lowest BCUT2D eigenvalue weighted by Crippen LogP contribution is -2.35. The van der Waals surface area contributed by atoms with Gasteiger partial charge in [0.1, 0.15) is 23.1 Å². The standard InChI is InChI=1S/C18H24N4O3/c1-18(2,3)25-17(23)22-7-6-12(10-22)11-24-16-14(8-19)9-20-15(21-16)13-4-5-13/h9,12-13H,4-7,10-11H2,1-3H3/t12-/m0/s1. The average molecular weight is 344 g/mol. The molecule has 1 aromatic rings. The molecule has 25 heavy (non-hydrogen) atoms. The van der Waals surface area contributed by atoms with E-state index in [2.05, 4.69) is 16.0 Å². The Hall–Kier alpha value is -2.36. The quantitative estimate of drug-likeness (QED) is 0.834. The van der Waals surface area contributed by atoms with Crippen LogP contribution in [-0.2, 0) is 4.74 Å². The van der Waals surface area contributed by atoms with Crippen molar-refractivity contribution in [1.82, 2.24) is 14.9 Å². The van der Waals surface area contributed by atoms with Crippen molar-refractivity contribution in [2.24, 2.45) is 5.92 Å². The third kappa shape index (κ3) is 4.59. The molecule has 1 amide bonds. The highest BCUT2D eigenvalue weighted by atomic mass is 16.6. The zero-order valence-corrected chi connectivity index (χ0v) is 15.0. The summed E-state index contributed by atoms with van der Waals surface area (Å²) in [5.74, 6) is 1.73. The summed E-state index contributed by atoms with van der Waals surface area (Å²) < 4.78 is 11.2. The lowest BCUT2D eigenvalue weighted by molar-refractivity contribution is 0.0284. The Bertz CT molecular complexity index is 689. The van der Waals surface area contributed by atoms with Crippen LogP contribution in [0.15, 0.2) is 6.20 Å². The summed E-state index contributed by atoms with van der Waals surface area (Å²) in [5.41, 5.74) is -0.139. The molecule has 134 valence electrons. The monoisotopic (exact) mass is 344 g/mol. The van der Waals surface area contributed by atoms with Crippen molar-refractivity contribution < 1.29 is 14.3 Å². The summed E-state index contributed by atoms with van der Waals surface area (Å²) in [6.45, 7) is 7.25. The van der Waals surface area contributed by atoms with Gasteiger partial charge in [0.2, 0.25) is 5.88 Å². The number of nitriles is 1. The number of amides is 1. The first-order valence-corrected chi connectivity index (χ1v) is 8.73. The second kappa shape index (κ2) is 6.87. The summed E-state index contributed by atoms with van der Waals surface area (Å²) >= 11 is 0. The molecule has 0 aromatic carbocycles. The van der Waals surface area contributed by atoms with Gasteiger partial charge in [0.25, 0.3) is 0 Å². The van der Waals surface area contributed by atoms with Crippen LogP contribution in [-0.4, -0.2) is 46.3 Å². The molecule has 0 bridgehead atoms. The minimum atomic E-state index is -0.493. The zero-order chi connectivity index (χ0) is 18.0. The minimum Gasteiger partial charge on any atom is -0.476 e. The van der Waals surface area contributed by atoms with Crippen LogP contribution >= 0.6 is 0 Å². The molecule has 3 rings (SSSR count). The van der Waals surface area contributed by atoms with E-state index in [1.54, 1.807) is 4.90 Å². The fourth-order valence-corrected chi connectivity index (χ4v) is 2.76. The first-order chi connectivity index (χ1) is 11.9. The maximum absolute atomic E-state index is 12.1. The molecule has 1 saturated heterocycles. The topological polar surface area (TPSA) is 88.3 Å². The van der Waals surface area contributed by atoms with Crippen LogP contribution in [0, 0.1) is 17.2 Å². The normalized spacial score (nSPS) is 20.2. The van der Waals surface area contributed by atoms with Crippen LogP contribution in [0.5, 0.6) is 5.88 Å². The van der Waals surface area contributed by atoms with Crippen LogP contribution in [0.4, 0.5) is 4.79 Å². The van der Waals surface area contributed by atoms with E-state index >= 15 is 0 Å². The van der Waals surface area contributed by atoms with Crippen LogP contribution in [0.1, 0.15) is 57.3 Å². The molecule has 1 aromatic heterocycles. The molecule has 1 aliphatic heterocycles. The van der Waals surface area contributed by atoms with Gasteiger partial charge in [-0.25, -0.2) is 9.78 Å². The third-order valence-corrected chi connectivity index (χ3v) is 4.23. The second-order valence-electron chi connectivity index (χ2n) is 7.73. The molecule has 0 spiro atoms. The zero-order valence-electron chi connectivity index (χ0n) is 15.0. The Kier molecular flexibility index (Phi) is 4.80. The summed E-state index contributed by atoms with van der Waals surface area (Å²) in [4.78, 5) is 22.5. The van der Waals surface area contributed by atoms with Crippen LogP contribution in [0.25, 0.3) is 0 Å². The van der Waals surface area contributed by atoms with Crippen molar-refractivity contribution >= 4 is 6.09 Å². The van der Waals surface area contributed by atoms with Gasteiger partial charge in [-0.05, 0) is 40.0 Å². The van der Waals surface area contributed by atoms with Gasteiger partial charge in [0.05, 0.1) is 12.8 Å². The molecule has 1 aliphatic carbocycles. The molecular weight excluding hydrogens is 320 g/mol. The summed E-state index contributed by atoms with van der Waals surface area (Å²) in [7, 11) is 0. The molecule has 2 fully saturated rings. The van der Waals surface area contributed by atoms with Gasteiger partial charge in [0, 0.05) is 24.9 Å². The van der Waals surface area contributed by atoms with E-state index in [1.165, 1.54) is 6.20 Å². The number of hydrogen-bond acceptors (Lipinski definition) is 6. The van der Waals surface area contributed by atoms with Crippen molar-refractivity contribution in [2.75, 3.05) is 19.7 Å². The number of hydrogen-bond donors (Lipinski definition) is 0. The number of carbonyl (C=O) groups is 1. The number of carbonyl (C=O) groups excluding carboxylic acids is 1. The van der Waals surface area contributed by atoms with E-state index in [4.69, 9.17) is 9.47 Å². The number of nitrogens with zero attached hydrogens (tertiary/aromatic N) is 4. The van der Waals surface area contributed by atoms with Crippen molar-refractivity contribution in [1.29, 1.82) is 5.26 Å². The van der Waals surface area contributed by atoms with Crippen molar-refractivity contribution in [3.8, 4) is 11.9 Å². The van der Waals surface area contributed by atoms with Crippen LogP contribution in [0.2, 0.25) is 0 Å². The number of rotatable bonds is 4. The van der Waals surface area contributed by atoms with Gasteiger partial charge < -0.3 is 14.4 Å². The Labute approximate surface area is 148 Å². The summed E-state index contributed by atoms with van der Waals surface area (Å²) in [5, 5.41) is 9.20. The van der Waals surface area contributed by atoms with Gasteiger partial charge in [-0.15, -0.1) is 0 Å². The van der Waals surface area contributed by atoms with Gasteiger partial charge in [-0.1, -0.05) is 0 Å². The fraction of sp³-hybridized carbons (Fsp3) is 0.667. The predicted octanol–water partition coefficient (Wildman–Crippen LogP) is 2.86. The van der Waals surface area contributed by atoms with E-state index < -0.39 is 5.60 Å². The lowest BCUT2D eigenvalue weighted by Gasteiger charge is -2.24. The fourth-order valence-electron chi connectivity index (χ4n) is 2.76. The van der Waals surface area contributed by atoms with E-state index in [-0.39, 0.29) is 12.0 Å². The first kappa shape index (κ1) is 17.5. The van der Waals surface area contributed by atoms with E-state index in [0.29, 0.717) is 37.1 Å². The van der Waals surface area contributed by atoms with Gasteiger partial charge in [-0.2, -0.15) is 10.2 Å². The Morgan fingerprint density at radius 3 is 2.80 bits per heavy atom. The number of aromatic nitrogens is 2. The van der Waals surface area contributed by atoms with Crippen LogP contribution < -0.4 is 4.74 Å². The largest absolute Gasteiger partial charge is 0.476 e. The van der Waals surface area contributed by atoms with Crippen molar-refractivity contribution in [3.63, 3.8) is 0 Å². The highest BCUT2D eigenvalue weighted by Crippen LogP contribution is 2.38. The molecule has 7 nitrogen and oxygen atoms in total. The Morgan fingerprint density at radius 1 is 1.40 bits per heavy atom. The van der Waals surface area contributed by atoms with E-state index in [0.717, 1.165) is 25.1 Å². The molecule has 7 heteroatoms. The Morgan fingerprint density at radius 2 is 2.16 bits per heavy atom. The summed E-state index contributed by atoms with van der Waals surface area (Å²) in [6.07, 6.45) is 4.29. The number of ether oxygens (including phenoxy) is 2. The summed E-state index contributed by atoms with van der Waals surface area (Å²) in [6, 6.07) is 2.08. The molecular formula is C18H24N4O3. The molecule has 0 radical (unpaired) electrons. The van der Waals surface area contributed by atoms with E-state index in [1.807, 2.05) is 20.8 Å². The molecule has 1 atom stereocenters. The van der Waals surface area contributed by atoms with Gasteiger partial charge in [0.15, 0.2) is 0 Å². The number of likely N-dealkylation sites (tertiary alicyclic amines) is 1. The third-order valence-electron chi connectivity index (χ3n) is 4.23. The molecule has 0 N–H and O–H groups in total. The predicted molar refractivity (Wildman–Crippen MR) is 90.1 cm³/mol.